The topological polar surface area (TPSA) is 77.0 Å². The fraction of sp³-hybridized carbons (Fsp3) is 0.160. The smallest absolute Gasteiger partial charge is 0.343 e. The molecule has 0 aromatic heterocycles. The molecule has 0 spiro atoms. The first kappa shape index (κ1) is 23.2. The molecule has 3 rings (SSSR count). The third kappa shape index (κ3) is 6.78. The lowest BCUT2D eigenvalue weighted by Gasteiger charge is -2.08. The molecule has 6 nitrogen and oxygen atoms in total. The van der Waals surface area contributed by atoms with E-state index < -0.39 is 11.9 Å². The Morgan fingerprint density at radius 1 is 1.03 bits per heavy atom. The lowest BCUT2D eigenvalue weighted by Crippen LogP contribution is -2.24. The van der Waals surface area contributed by atoms with Crippen molar-refractivity contribution in [2.45, 2.75) is 20.3 Å². The number of hydrogen-bond donors (Lipinski definition) is 1. The minimum absolute atomic E-state index is 0.170. The van der Waals surface area contributed by atoms with Gasteiger partial charge in [-0.25, -0.2) is 10.2 Å². The molecule has 0 bridgehead atoms. The predicted octanol–water partition coefficient (Wildman–Crippen LogP) is 5.07. The zero-order valence-electron chi connectivity index (χ0n) is 17.8. The van der Waals surface area contributed by atoms with Crippen LogP contribution >= 0.6 is 15.9 Å². The van der Waals surface area contributed by atoms with Crippen LogP contribution in [-0.4, -0.2) is 24.7 Å². The normalized spacial score (nSPS) is 10.7. The Labute approximate surface area is 195 Å². The molecule has 0 saturated carbocycles. The Morgan fingerprint density at radius 2 is 1.75 bits per heavy atom. The number of carbonyl (C=O) groups excluding carboxylic acids is 2. The van der Waals surface area contributed by atoms with Crippen LogP contribution < -0.4 is 14.9 Å². The molecule has 0 fully saturated rings. The third-order valence-electron chi connectivity index (χ3n) is 4.56. The average molecular weight is 495 g/mol. The van der Waals surface area contributed by atoms with Gasteiger partial charge in [-0.05, 0) is 61.4 Å². The maximum atomic E-state index is 12.4. The van der Waals surface area contributed by atoms with E-state index in [0.717, 1.165) is 16.5 Å². The van der Waals surface area contributed by atoms with Crippen molar-refractivity contribution in [3.8, 4) is 11.5 Å². The van der Waals surface area contributed by atoms with Gasteiger partial charge in [0.05, 0.1) is 11.8 Å². The number of hydrogen-bond acceptors (Lipinski definition) is 5. The van der Waals surface area contributed by atoms with Crippen molar-refractivity contribution in [2.75, 3.05) is 6.61 Å². The van der Waals surface area contributed by atoms with E-state index in [2.05, 4.69) is 33.4 Å². The first-order valence-electron chi connectivity index (χ1n) is 10.1. The Balaban J connectivity index is 1.59. The minimum atomic E-state index is -0.478. The summed E-state index contributed by atoms with van der Waals surface area (Å²) >= 11 is 3.39. The van der Waals surface area contributed by atoms with Crippen LogP contribution in [0.25, 0.3) is 0 Å². The number of aryl methyl sites for hydroxylation is 2. The summed E-state index contributed by atoms with van der Waals surface area (Å²) in [5, 5.41) is 3.96. The molecule has 0 radical (unpaired) electrons. The second-order valence-electron chi connectivity index (χ2n) is 7.02. The Hall–Kier alpha value is -3.45. The molecular formula is C25H23BrN2O4. The molecule has 164 valence electrons. The van der Waals surface area contributed by atoms with Gasteiger partial charge in [0.25, 0.3) is 5.91 Å². The number of benzene rings is 3. The molecule has 3 aromatic rings. The van der Waals surface area contributed by atoms with Gasteiger partial charge in [-0.1, -0.05) is 52.7 Å². The molecule has 7 heteroatoms. The molecule has 0 atom stereocenters. The van der Waals surface area contributed by atoms with Crippen LogP contribution in [0, 0.1) is 6.92 Å². The van der Waals surface area contributed by atoms with E-state index in [4.69, 9.17) is 9.47 Å². The van der Waals surface area contributed by atoms with Crippen LogP contribution in [0.2, 0.25) is 0 Å². The van der Waals surface area contributed by atoms with Crippen LogP contribution in [0.4, 0.5) is 0 Å². The number of carbonyl (C=O) groups is 2. The summed E-state index contributed by atoms with van der Waals surface area (Å²) in [6.45, 7) is 3.85. The van der Waals surface area contributed by atoms with Crippen LogP contribution in [0.15, 0.2) is 76.3 Å². The number of amides is 1. The molecule has 0 aliphatic heterocycles. The van der Waals surface area contributed by atoms with E-state index in [9.17, 15) is 9.59 Å². The van der Waals surface area contributed by atoms with Gasteiger partial charge < -0.3 is 9.47 Å². The van der Waals surface area contributed by atoms with Gasteiger partial charge in [0.1, 0.15) is 11.5 Å². The highest BCUT2D eigenvalue weighted by Crippen LogP contribution is 2.23. The molecule has 0 saturated heterocycles. The number of nitrogens with zero attached hydrogens (tertiary/aromatic N) is 1. The summed E-state index contributed by atoms with van der Waals surface area (Å²) in [7, 11) is 0. The quantitative estimate of drug-likeness (QED) is 0.205. The van der Waals surface area contributed by atoms with Gasteiger partial charge in [-0.2, -0.15) is 5.10 Å². The van der Waals surface area contributed by atoms with Crippen molar-refractivity contribution in [3.05, 3.63) is 93.5 Å². The van der Waals surface area contributed by atoms with Crippen molar-refractivity contribution in [2.24, 2.45) is 5.10 Å². The highest BCUT2D eigenvalue weighted by molar-refractivity contribution is 9.10. The van der Waals surface area contributed by atoms with Crippen LogP contribution in [0.1, 0.15) is 34.0 Å². The van der Waals surface area contributed by atoms with E-state index in [0.29, 0.717) is 22.6 Å². The standard InChI is InChI=1S/C25H23BrN2O4/c1-3-18-6-11-22(12-7-18)31-16-24(29)28-27-15-20-14-21(26)10-13-23(20)32-25(30)19-8-4-17(2)5-9-19/h4-15H,3,16H2,1-2H3,(H,28,29)/b27-15+. The number of halogens is 1. The Bertz CT molecular complexity index is 1110. The molecule has 1 amide bonds. The molecule has 1 N–H and O–H groups in total. The molecule has 0 unspecified atom stereocenters. The highest BCUT2D eigenvalue weighted by Gasteiger charge is 2.11. The second-order valence-corrected chi connectivity index (χ2v) is 7.93. The number of nitrogens with one attached hydrogen (secondary N) is 1. The number of ether oxygens (including phenoxy) is 2. The second kappa shape index (κ2) is 11.2. The fourth-order valence-corrected chi connectivity index (χ4v) is 3.12. The van der Waals surface area contributed by atoms with Gasteiger partial charge in [0.15, 0.2) is 6.61 Å². The molecule has 32 heavy (non-hydrogen) atoms. The van der Waals surface area contributed by atoms with E-state index in [1.54, 1.807) is 30.3 Å². The molecule has 3 aromatic carbocycles. The van der Waals surface area contributed by atoms with Gasteiger partial charge in [-0.15, -0.1) is 0 Å². The molecule has 0 aliphatic carbocycles. The van der Waals surface area contributed by atoms with Crippen molar-refractivity contribution < 1.29 is 19.1 Å². The first-order valence-corrected chi connectivity index (χ1v) is 10.9. The lowest BCUT2D eigenvalue weighted by atomic mass is 10.1. The van der Waals surface area contributed by atoms with E-state index in [-0.39, 0.29) is 6.61 Å². The zero-order valence-corrected chi connectivity index (χ0v) is 19.4. The summed E-state index contributed by atoms with van der Waals surface area (Å²) < 4.78 is 11.8. The highest BCUT2D eigenvalue weighted by atomic mass is 79.9. The SMILES string of the molecule is CCc1ccc(OCC(=O)N/N=C/c2cc(Br)ccc2OC(=O)c2ccc(C)cc2)cc1. The molecular weight excluding hydrogens is 472 g/mol. The van der Waals surface area contributed by atoms with Gasteiger partial charge in [0.2, 0.25) is 0 Å². The minimum Gasteiger partial charge on any atom is -0.484 e. The number of hydrazone groups is 1. The van der Waals surface area contributed by atoms with Crippen molar-refractivity contribution in [3.63, 3.8) is 0 Å². The van der Waals surface area contributed by atoms with Crippen LogP contribution in [0.5, 0.6) is 11.5 Å². The largest absolute Gasteiger partial charge is 0.484 e. The summed E-state index contributed by atoms with van der Waals surface area (Å²) in [5.41, 5.74) is 5.62. The summed E-state index contributed by atoms with van der Waals surface area (Å²) in [4.78, 5) is 24.5. The Kier molecular flexibility index (Phi) is 8.16. The zero-order chi connectivity index (χ0) is 22.9. The van der Waals surface area contributed by atoms with Gasteiger partial charge in [0, 0.05) is 10.0 Å². The van der Waals surface area contributed by atoms with Gasteiger partial charge in [-0.3, -0.25) is 4.79 Å². The molecule has 0 heterocycles. The van der Waals surface area contributed by atoms with Crippen LogP contribution in [-0.2, 0) is 11.2 Å². The van der Waals surface area contributed by atoms with E-state index >= 15 is 0 Å². The van der Waals surface area contributed by atoms with E-state index in [1.807, 2.05) is 43.3 Å². The summed E-state index contributed by atoms with van der Waals surface area (Å²) in [6, 6.07) is 19.8. The average Bonchev–Trinajstić information content (AvgIpc) is 2.80. The van der Waals surface area contributed by atoms with Crippen LogP contribution in [0.3, 0.4) is 0 Å². The van der Waals surface area contributed by atoms with Gasteiger partial charge >= 0.3 is 5.97 Å². The fourth-order valence-electron chi connectivity index (χ4n) is 2.74. The maximum absolute atomic E-state index is 12.4. The lowest BCUT2D eigenvalue weighted by molar-refractivity contribution is -0.123. The first-order chi connectivity index (χ1) is 15.4. The van der Waals surface area contributed by atoms with Crippen molar-refractivity contribution >= 4 is 34.0 Å². The molecule has 0 aliphatic rings. The predicted molar refractivity (Wildman–Crippen MR) is 127 cm³/mol. The van der Waals surface area contributed by atoms with E-state index in [1.165, 1.54) is 11.8 Å². The number of esters is 1. The Morgan fingerprint density at radius 3 is 2.44 bits per heavy atom. The van der Waals surface area contributed by atoms with Crippen molar-refractivity contribution in [1.29, 1.82) is 0 Å². The maximum Gasteiger partial charge on any atom is 0.343 e. The number of rotatable bonds is 8. The monoisotopic (exact) mass is 494 g/mol. The third-order valence-corrected chi connectivity index (χ3v) is 5.05. The summed E-state index contributed by atoms with van der Waals surface area (Å²) in [6.07, 6.45) is 2.35. The summed E-state index contributed by atoms with van der Waals surface area (Å²) in [5.74, 6) is 0.0465. The van der Waals surface area contributed by atoms with Crippen molar-refractivity contribution in [1.82, 2.24) is 5.43 Å².